The zero-order valence-corrected chi connectivity index (χ0v) is 13.9. The Morgan fingerprint density at radius 1 is 1.12 bits per heavy atom. The first kappa shape index (κ1) is 18.3. The van der Waals surface area contributed by atoms with Crippen molar-refractivity contribution in [2.75, 3.05) is 5.73 Å². The maximum atomic E-state index is 12.5. The summed E-state index contributed by atoms with van der Waals surface area (Å²) in [5, 5.41) is 19.3. The maximum absolute atomic E-state index is 12.5. The number of hydrogen-bond donors (Lipinski definition) is 3. The third-order valence-corrected chi connectivity index (χ3v) is 4.11. The van der Waals surface area contributed by atoms with Gasteiger partial charge in [0.1, 0.15) is 12.4 Å². The third kappa shape index (κ3) is 4.73. The number of phenolic OH excluding ortho intramolecular Hbond substituents is 1. The van der Waals surface area contributed by atoms with Crippen molar-refractivity contribution in [3.63, 3.8) is 0 Å². The van der Waals surface area contributed by atoms with E-state index in [0.717, 1.165) is 5.56 Å². The minimum absolute atomic E-state index is 0.0258. The molecule has 0 aromatic heterocycles. The molecule has 25 heavy (non-hydrogen) atoms. The molecule has 0 aliphatic carbocycles. The van der Waals surface area contributed by atoms with E-state index in [2.05, 4.69) is 0 Å². The zero-order valence-electron chi connectivity index (χ0n) is 13.9. The van der Waals surface area contributed by atoms with Gasteiger partial charge in [0.2, 0.25) is 0 Å². The summed E-state index contributed by atoms with van der Waals surface area (Å²) in [7, 11) is 0. The Labute approximate surface area is 145 Å². The number of rotatable bonds is 7. The van der Waals surface area contributed by atoms with E-state index in [1.165, 1.54) is 13.0 Å². The molecule has 0 spiro atoms. The molecule has 0 fully saturated rings. The zero-order chi connectivity index (χ0) is 18.4. The molecule has 2 unspecified atom stereocenters. The molecule has 2 aromatic rings. The average Bonchev–Trinajstić information content (AvgIpc) is 2.61. The van der Waals surface area contributed by atoms with E-state index < -0.39 is 23.8 Å². The summed E-state index contributed by atoms with van der Waals surface area (Å²) in [5.41, 5.74) is 7.06. The highest BCUT2D eigenvalue weighted by molar-refractivity contribution is 5.81. The predicted octanol–water partition coefficient (Wildman–Crippen LogP) is 2.60. The predicted molar refractivity (Wildman–Crippen MR) is 92.8 cm³/mol. The van der Waals surface area contributed by atoms with Gasteiger partial charge in [-0.1, -0.05) is 49.4 Å². The number of nitrogens with two attached hydrogens (primary N) is 1. The number of ether oxygens (including phenoxy) is 1. The molecule has 132 valence electrons. The van der Waals surface area contributed by atoms with E-state index in [9.17, 15) is 19.8 Å². The van der Waals surface area contributed by atoms with Crippen molar-refractivity contribution in [1.29, 1.82) is 0 Å². The quantitative estimate of drug-likeness (QED) is 0.405. The van der Waals surface area contributed by atoms with Gasteiger partial charge >= 0.3 is 11.9 Å². The van der Waals surface area contributed by atoms with Crippen molar-refractivity contribution in [3.8, 4) is 5.75 Å². The van der Waals surface area contributed by atoms with E-state index >= 15 is 0 Å². The number of carbonyl (C=O) groups excluding carboxylic acids is 1. The van der Waals surface area contributed by atoms with Crippen molar-refractivity contribution in [2.24, 2.45) is 11.8 Å². The first-order valence-electron chi connectivity index (χ1n) is 7.90. The van der Waals surface area contributed by atoms with E-state index in [4.69, 9.17) is 10.5 Å². The SMILES string of the molecule is CC(C(=O)O)C(Cc1cccc(N)c1O)C(=O)OCc1ccccc1. The number of phenols is 1. The van der Waals surface area contributed by atoms with Gasteiger partial charge in [0.25, 0.3) is 0 Å². The van der Waals surface area contributed by atoms with Gasteiger partial charge in [0, 0.05) is 0 Å². The summed E-state index contributed by atoms with van der Waals surface area (Å²) in [6.45, 7) is 1.51. The number of aromatic hydroxyl groups is 1. The summed E-state index contributed by atoms with van der Waals surface area (Å²) in [5.74, 6) is -3.77. The van der Waals surface area contributed by atoms with Gasteiger partial charge in [-0.3, -0.25) is 9.59 Å². The van der Waals surface area contributed by atoms with Crippen LogP contribution in [-0.2, 0) is 27.4 Å². The Balaban J connectivity index is 2.16. The average molecular weight is 343 g/mol. The van der Waals surface area contributed by atoms with Gasteiger partial charge in [-0.2, -0.15) is 0 Å². The molecule has 0 amide bonds. The number of carboxylic acids is 1. The van der Waals surface area contributed by atoms with Gasteiger partial charge in [-0.05, 0) is 23.6 Å². The molecule has 2 atom stereocenters. The monoisotopic (exact) mass is 343 g/mol. The minimum Gasteiger partial charge on any atom is -0.506 e. The second-order valence-corrected chi connectivity index (χ2v) is 5.89. The fourth-order valence-electron chi connectivity index (χ4n) is 2.48. The standard InChI is InChI=1S/C19H21NO5/c1-12(18(22)23)15(10-14-8-5-9-16(20)17(14)21)19(24)25-11-13-6-3-2-4-7-13/h2-9,12,15,21H,10-11,20H2,1H3,(H,22,23). The number of carbonyl (C=O) groups is 2. The molecule has 2 aromatic carbocycles. The van der Waals surface area contributed by atoms with Gasteiger partial charge in [-0.15, -0.1) is 0 Å². The summed E-state index contributed by atoms with van der Waals surface area (Å²) in [6, 6.07) is 13.9. The molecule has 0 saturated carbocycles. The molecule has 0 saturated heterocycles. The molecule has 0 bridgehead atoms. The number of carboxylic acid groups (broad SMARTS) is 1. The molecule has 0 aliphatic heterocycles. The largest absolute Gasteiger partial charge is 0.506 e. The second-order valence-electron chi connectivity index (χ2n) is 5.89. The number of benzene rings is 2. The Morgan fingerprint density at radius 2 is 1.80 bits per heavy atom. The molecular weight excluding hydrogens is 322 g/mol. The maximum Gasteiger partial charge on any atom is 0.310 e. The van der Waals surface area contributed by atoms with Crippen molar-refractivity contribution in [3.05, 3.63) is 59.7 Å². The third-order valence-electron chi connectivity index (χ3n) is 4.11. The summed E-state index contributed by atoms with van der Waals surface area (Å²) >= 11 is 0. The lowest BCUT2D eigenvalue weighted by molar-refractivity contribution is -0.158. The fraction of sp³-hybridized carbons (Fsp3) is 0.263. The van der Waals surface area contributed by atoms with Crippen LogP contribution in [0, 0.1) is 11.8 Å². The van der Waals surface area contributed by atoms with E-state index in [-0.39, 0.29) is 24.5 Å². The number of hydrogen-bond acceptors (Lipinski definition) is 5. The van der Waals surface area contributed by atoms with Crippen LogP contribution in [0.5, 0.6) is 5.75 Å². The normalized spacial score (nSPS) is 13.0. The van der Waals surface area contributed by atoms with Crippen LogP contribution in [0.3, 0.4) is 0 Å². The van der Waals surface area contributed by atoms with E-state index in [1.807, 2.05) is 30.3 Å². The molecule has 6 heteroatoms. The van der Waals surface area contributed by atoms with Crippen molar-refractivity contribution < 1.29 is 24.5 Å². The molecule has 0 radical (unpaired) electrons. The van der Waals surface area contributed by atoms with Crippen molar-refractivity contribution in [2.45, 2.75) is 20.0 Å². The van der Waals surface area contributed by atoms with Crippen molar-refractivity contribution in [1.82, 2.24) is 0 Å². The number of anilines is 1. The molecule has 4 N–H and O–H groups in total. The van der Waals surface area contributed by atoms with Crippen LogP contribution in [0.2, 0.25) is 0 Å². The summed E-state index contributed by atoms with van der Waals surface area (Å²) in [6.07, 6.45) is 0.0258. The highest BCUT2D eigenvalue weighted by Crippen LogP contribution is 2.29. The topological polar surface area (TPSA) is 110 Å². The lowest BCUT2D eigenvalue weighted by atomic mass is 9.87. The van der Waals surface area contributed by atoms with Crippen LogP contribution in [-0.4, -0.2) is 22.2 Å². The minimum atomic E-state index is -1.11. The second kappa shape index (κ2) is 8.19. The lowest BCUT2D eigenvalue weighted by Crippen LogP contribution is -2.31. The van der Waals surface area contributed by atoms with Crippen LogP contribution in [0.25, 0.3) is 0 Å². The molecule has 0 heterocycles. The van der Waals surface area contributed by atoms with Crippen LogP contribution in [0.4, 0.5) is 5.69 Å². The fourth-order valence-corrected chi connectivity index (χ4v) is 2.48. The lowest BCUT2D eigenvalue weighted by Gasteiger charge is -2.20. The Morgan fingerprint density at radius 3 is 2.44 bits per heavy atom. The van der Waals surface area contributed by atoms with E-state index in [0.29, 0.717) is 5.56 Å². The number of aliphatic carboxylic acids is 1. The highest BCUT2D eigenvalue weighted by atomic mass is 16.5. The Bertz CT molecular complexity index is 745. The smallest absolute Gasteiger partial charge is 0.310 e. The van der Waals surface area contributed by atoms with Crippen LogP contribution < -0.4 is 5.73 Å². The van der Waals surface area contributed by atoms with Gasteiger partial charge < -0.3 is 20.7 Å². The first-order chi connectivity index (χ1) is 11.9. The van der Waals surface area contributed by atoms with Gasteiger partial charge in [0.15, 0.2) is 0 Å². The molecule has 0 aliphatic rings. The van der Waals surface area contributed by atoms with Crippen LogP contribution >= 0.6 is 0 Å². The van der Waals surface area contributed by atoms with Gasteiger partial charge in [0.05, 0.1) is 17.5 Å². The van der Waals surface area contributed by atoms with E-state index in [1.54, 1.807) is 12.1 Å². The Hall–Kier alpha value is -3.02. The first-order valence-corrected chi connectivity index (χ1v) is 7.90. The molecule has 6 nitrogen and oxygen atoms in total. The van der Waals surface area contributed by atoms with Crippen molar-refractivity contribution >= 4 is 17.6 Å². The number of nitrogen functional groups attached to an aromatic ring is 1. The number of para-hydroxylation sites is 1. The Kier molecular flexibility index (Phi) is 6.00. The van der Waals surface area contributed by atoms with Crippen LogP contribution in [0.1, 0.15) is 18.1 Å². The van der Waals surface area contributed by atoms with Crippen LogP contribution in [0.15, 0.2) is 48.5 Å². The molecular formula is C19H21NO5. The molecule has 2 rings (SSSR count). The van der Waals surface area contributed by atoms with Gasteiger partial charge in [-0.25, -0.2) is 0 Å². The number of esters is 1. The summed E-state index contributed by atoms with van der Waals surface area (Å²) in [4.78, 5) is 23.8. The summed E-state index contributed by atoms with van der Waals surface area (Å²) < 4.78 is 5.29. The highest BCUT2D eigenvalue weighted by Gasteiger charge is 2.32.